The number of hydrogen-bond acceptors (Lipinski definition) is 7. The first-order valence-electron chi connectivity index (χ1n) is 9.30. The lowest BCUT2D eigenvalue weighted by atomic mass is 10.1. The summed E-state index contributed by atoms with van der Waals surface area (Å²) in [7, 11) is 1.65. The summed E-state index contributed by atoms with van der Waals surface area (Å²) < 4.78 is 18.6. The number of aromatic nitrogens is 5. The molecule has 5 rings (SSSR count). The van der Waals surface area contributed by atoms with Crippen LogP contribution in [0.15, 0.2) is 53.1 Å². The van der Waals surface area contributed by atoms with Crippen molar-refractivity contribution in [3.05, 3.63) is 65.4 Å². The van der Waals surface area contributed by atoms with E-state index in [9.17, 15) is 0 Å². The predicted octanol–water partition coefficient (Wildman–Crippen LogP) is 3.58. The summed E-state index contributed by atoms with van der Waals surface area (Å²) in [5.41, 5.74) is 4.52. The average Bonchev–Trinajstić information content (AvgIpc) is 3.41. The molecule has 0 saturated carbocycles. The Hall–Kier alpha value is -3.52. The first-order chi connectivity index (χ1) is 14.2. The van der Waals surface area contributed by atoms with E-state index in [0.717, 1.165) is 22.6 Å². The smallest absolute Gasteiger partial charge is 0.280 e. The van der Waals surface area contributed by atoms with Gasteiger partial charge in [0.1, 0.15) is 11.9 Å². The van der Waals surface area contributed by atoms with Crippen molar-refractivity contribution in [3.63, 3.8) is 0 Å². The molecule has 8 nitrogen and oxygen atoms in total. The third-order valence-electron chi connectivity index (χ3n) is 5.02. The molecule has 0 fully saturated rings. The summed E-state index contributed by atoms with van der Waals surface area (Å²) in [6.07, 6.45) is -0.103. The van der Waals surface area contributed by atoms with Crippen LogP contribution in [0.25, 0.3) is 23.0 Å². The molecule has 0 unspecified atom stereocenters. The maximum Gasteiger partial charge on any atom is 0.280 e. The van der Waals surface area contributed by atoms with Crippen LogP contribution in [-0.2, 0) is 17.9 Å². The van der Waals surface area contributed by atoms with E-state index in [0.29, 0.717) is 30.6 Å². The zero-order valence-corrected chi connectivity index (χ0v) is 16.1. The second-order valence-electron chi connectivity index (χ2n) is 6.93. The minimum absolute atomic E-state index is 0.103. The van der Waals surface area contributed by atoms with Gasteiger partial charge in [-0.05, 0) is 24.6 Å². The van der Waals surface area contributed by atoms with Crippen molar-refractivity contribution < 1.29 is 14.0 Å². The molecule has 0 amide bonds. The van der Waals surface area contributed by atoms with E-state index < -0.39 is 0 Å². The summed E-state index contributed by atoms with van der Waals surface area (Å²) in [5.74, 6) is 1.68. The summed E-state index contributed by atoms with van der Waals surface area (Å²) in [6, 6.07) is 15.8. The molecule has 1 aliphatic rings. The normalized spacial score (nSPS) is 15.9. The maximum atomic E-state index is 6.06. The average molecular weight is 389 g/mol. The van der Waals surface area contributed by atoms with Crippen LogP contribution in [0.5, 0.6) is 5.75 Å². The van der Waals surface area contributed by atoms with Gasteiger partial charge in [0.05, 0.1) is 26.0 Å². The molecular weight excluding hydrogens is 370 g/mol. The Morgan fingerprint density at radius 3 is 2.62 bits per heavy atom. The lowest BCUT2D eigenvalue weighted by Gasteiger charge is -2.24. The minimum Gasteiger partial charge on any atom is -0.497 e. The fourth-order valence-electron chi connectivity index (χ4n) is 3.34. The van der Waals surface area contributed by atoms with Crippen LogP contribution in [0.3, 0.4) is 0 Å². The van der Waals surface area contributed by atoms with Gasteiger partial charge in [0.2, 0.25) is 5.82 Å². The van der Waals surface area contributed by atoms with Gasteiger partial charge in [-0.3, -0.25) is 0 Å². The van der Waals surface area contributed by atoms with Gasteiger partial charge in [0.15, 0.2) is 5.69 Å². The summed E-state index contributed by atoms with van der Waals surface area (Å²) in [5, 5.41) is 12.6. The van der Waals surface area contributed by atoms with Crippen molar-refractivity contribution >= 4 is 0 Å². The molecule has 146 valence electrons. The summed E-state index contributed by atoms with van der Waals surface area (Å²) in [6.45, 7) is 2.96. The van der Waals surface area contributed by atoms with Gasteiger partial charge in [-0.2, -0.15) is 4.98 Å². The van der Waals surface area contributed by atoms with Gasteiger partial charge in [-0.25, -0.2) is 4.68 Å². The molecule has 4 aromatic rings. The van der Waals surface area contributed by atoms with Crippen molar-refractivity contribution in [2.24, 2.45) is 0 Å². The molecule has 0 spiro atoms. The number of fused-ring (bicyclic) bond motifs is 1. The largest absolute Gasteiger partial charge is 0.497 e. The van der Waals surface area contributed by atoms with Crippen molar-refractivity contribution in [2.45, 2.75) is 26.2 Å². The number of hydrogen-bond donors (Lipinski definition) is 0. The van der Waals surface area contributed by atoms with Crippen LogP contribution in [0.1, 0.15) is 22.9 Å². The Labute approximate surface area is 167 Å². The van der Waals surface area contributed by atoms with Crippen LogP contribution in [0.4, 0.5) is 0 Å². The highest BCUT2D eigenvalue weighted by atomic mass is 16.5. The molecule has 29 heavy (non-hydrogen) atoms. The highest BCUT2D eigenvalue weighted by molar-refractivity contribution is 5.59. The molecule has 0 saturated heterocycles. The lowest BCUT2D eigenvalue weighted by molar-refractivity contribution is -0.00119. The Bertz CT molecular complexity index is 1130. The van der Waals surface area contributed by atoms with Gasteiger partial charge in [0.25, 0.3) is 5.89 Å². The molecule has 3 heterocycles. The Morgan fingerprint density at radius 2 is 1.86 bits per heavy atom. The van der Waals surface area contributed by atoms with Crippen LogP contribution in [0.2, 0.25) is 0 Å². The Balaban J connectivity index is 1.38. The topological polar surface area (TPSA) is 88.1 Å². The highest BCUT2D eigenvalue weighted by Crippen LogP contribution is 2.31. The van der Waals surface area contributed by atoms with E-state index >= 15 is 0 Å². The number of nitrogens with zero attached hydrogens (tertiary/aromatic N) is 5. The molecular formula is C21H19N5O3. The van der Waals surface area contributed by atoms with E-state index in [1.165, 1.54) is 5.56 Å². The Kier molecular flexibility index (Phi) is 4.33. The van der Waals surface area contributed by atoms with Crippen LogP contribution in [0, 0.1) is 6.92 Å². The molecule has 2 aromatic heterocycles. The number of methoxy groups -OCH3 is 1. The van der Waals surface area contributed by atoms with Gasteiger partial charge in [-0.15, -0.1) is 5.10 Å². The second kappa shape index (κ2) is 7.14. The number of benzene rings is 2. The van der Waals surface area contributed by atoms with E-state index in [-0.39, 0.29) is 6.10 Å². The van der Waals surface area contributed by atoms with E-state index in [1.54, 1.807) is 7.11 Å². The van der Waals surface area contributed by atoms with Crippen molar-refractivity contribution in [1.29, 1.82) is 0 Å². The first kappa shape index (κ1) is 17.6. The maximum absolute atomic E-state index is 6.06. The fraction of sp³-hybridized carbons (Fsp3) is 0.238. The lowest BCUT2D eigenvalue weighted by Crippen LogP contribution is -2.22. The van der Waals surface area contributed by atoms with Gasteiger partial charge in [0, 0.05) is 5.56 Å². The molecule has 0 bridgehead atoms. The predicted molar refractivity (Wildman–Crippen MR) is 104 cm³/mol. The summed E-state index contributed by atoms with van der Waals surface area (Å²) in [4.78, 5) is 4.49. The third kappa shape index (κ3) is 3.27. The molecule has 0 N–H and O–H groups in total. The summed E-state index contributed by atoms with van der Waals surface area (Å²) >= 11 is 0. The first-order valence-corrected chi connectivity index (χ1v) is 9.30. The second-order valence-corrected chi connectivity index (χ2v) is 6.93. The fourth-order valence-corrected chi connectivity index (χ4v) is 3.34. The molecule has 1 atom stereocenters. The molecule has 2 aromatic carbocycles. The minimum atomic E-state index is -0.103. The van der Waals surface area contributed by atoms with Crippen LogP contribution < -0.4 is 4.74 Å². The highest BCUT2D eigenvalue weighted by Gasteiger charge is 2.28. The monoisotopic (exact) mass is 389 g/mol. The van der Waals surface area contributed by atoms with Crippen LogP contribution in [-0.4, -0.2) is 32.2 Å². The van der Waals surface area contributed by atoms with Crippen LogP contribution >= 0.6 is 0 Å². The van der Waals surface area contributed by atoms with Crippen molar-refractivity contribution in [1.82, 2.24) is 25.1 Å². The number of rotatable bonds is 4. The van der Waals surface area contributed by atoms with E-state index in [4.69, 9.17) is 14.0 Å². The van der Waals surface area contributed by atoms with Crippen molar-refractivity contribution in [3.8, 4) is 28.7 Å². The number of aryl methyl sites for hydroxylation is 1. The van der Waals surface area contributed by atoms with E-state index in [2.05, 4.69) is 20.5 Å². The Morgan fingerprint density at radius 1 is 1.07 bits per heavy atom. The molecule has 1 aliphatic heterocycles. The SMILES string of the molecule is COc1ccc([C@@H]2Cn3nnc(-c4nc(-c5ccc(C)cc5)no4)c3CO2)cc1. The van der Waals surface area contributed by atoms with Gasteiger partial charge in [-0.1, -0.05) is 52.3 Å². The van der Waals surface area contributed by atoms with Gasteiger partial charge < -0.3 is 14.0 Å². The van der Waals surface area contributed by atoms with Crippen molar-refractivity contribution in [2.75, 3.05) is 7.11 Å². The zero-order chi connectivity index (χ0) is 19.8. The van der Waals surface area contributed by atoms with E-state index in [1.807, 2.05) is 60.1 Å². The quantitative estimate of drug-likeness (QED) is 0.527. The standard InChI is InChI=1S/C21H19N5O3/c1-13-3-5-15(6-4-13)20-22-21(29-24-20)19-17-12-28-18(11-26(17)25-23-19)14-7-9-16(27-2)10-8-14/h3-10,18H,11-12H2,1-2H3/t18-/m0/s1. The number of ether oxygens (including phenoxy) is 2. The van der Waals surface area contributed by atoms with Gasteiger partial charge >= 0.3 is 0 Å². The molecule has 0 radical (unpaired) electrons. The molecule has 8 heteroatoms. The third-order valence-corrected chi connectivity index (χ3v) is 5.02. The molecule has 0 aliphatic carbocycles. The zero-order valence-electron chi connectivity index (χ0n) is 16.1.